The van der Waals surface area contributed by atoms with Crippen LogP contribution in [0, 0.1) is 5.92 Å². The van der Waals surface area contributed by atoms with Gasteiger partial charge in [0.1, 0.15) is 6.54 Å². The monoisotopic (exact) mass is 268 g/mol. The lowest BCUT2D eigenvalue weighted by Crippen LogP contribution is -2.48. The van der Waals surface area contributed by atoms with Crippen molar-refractivity contribution in [3.63, 3.8) is 0 Å². The van der Waals surface area contributed by atoms with Crippen molar-refractivity contribution in [3.8, 4) is 0 Å². The van der Waals surface area contributed by atoms with Crippen molar-refractivity contribution in [3.05, 3.63) is 0 Å². The lowest BCUT2D eigenvalue weighted by molar-refractivity contribution is -0.148. The van der Waals surface area contributed by atoms with E-state index in [0.717, 1.165) is 25.7 Å². The van der Waals surface area contributed by atoms with Crippen molar-refractivity contribution in [1.82, 2.24) is 9.80 Å². The van der Waals surface area contributed by atoms with Crippen LogP contribution in [0.4, 0.5) is 0 Å². The van der Waals surface area contributed by atoms with Crippen molar-refractivity contribution >= 4 is 17.8 Å². The fourth-order valence-corrected chi connectivity index (χ4v) is 2.62. The third kappa shape index (κ3) is 3.45. The summed E-state index contributed by atoms with van der Waals surface area (Å²) in [5.41, 5.74) is 0. The van der Waals surface area contributed by atoms with Crippen LogP contribution in [0.15, 0.2) is 0 Å². The van der Waals surface area contributed by atoms with Crippen LogP contribution in [0.5, 0.6) is 0 Å². The minimum absolute atomic E-state index is 0.0197. The molecular formula is C13H20N2O4. The van der Waals surface area contributed by atoms with Gasteiger partial charge < -0.3 is 14.9 Å². The Morgan fingerprint density at radius 1 is 1.26 bits per heavy atom. The molecule has 0 aromatic heterocycles. The molecule has 1 saturated carbocycles. The first-order chi connectivity index (χ1) is 8.99. The minimum atomic E-state index is -0.973. The zero-order valence-electron chi connectivity index (χ0n) is 11.2. The highest BCUT2D eigenvalue weighted by molar-refractivity contribution is 5.84. The number of carbonyl (C=O) groups is 3. The standard InChI is InChI=1S/C13H20N2O4/c1-9(16)14-6-2-3-10(7-14)13(19)15(8-12(17)18)11-4-5-11/h10-11H,2-8H2,1H3,(H,17,18). The minimum Gasteiger partial charge on any atom is -0.480 e. The molecule has 6 heteroatoms. The van der Waals surface area contributed by atoms with E-state index in [1.54, 1.807) is 4.90 Å². The summed E-state index contributed by atoms with van der Waals surface area (Å²) < 4.78 is 0. The molecule has 19 heavy (non-hydrogen) atoms. The number of nitrogens with zero attached hydrogens (tertiary/aromatic N) is 2. The van der Waals surface area contributed by atoms with Crippen LogP contribution in [0.1, 0.15) is 32.6 Å². The fraction of sp³-hybridized carbons (Fsp3) is 0.769. The van der Waals surface area contributed by atoms with E-state index in [2.05, 4.69) is 0 Å². The van der Waals surface area contributed by atoms with Crippen LogP contribution in [0.25, 0.3) is 0 Å². The average Bonchev–Trinajstić information content (AvgIpc) is 3.19. The zero-order chi connectivity index (χ0) is 14.0. The fourth-order valence-electron chi connectivity index (χ4n) is 2.62. The quantitative estimate of drug-likeness (QED) is 0.796. The predicted molar refractivity (Wildman–Crippen MR) is 67.3 cm³/mol. The van der Waals surface area contributed by atoms with Crippen LogP contribution in [0.2, 0.25) is 0 Å². The molecule has 1 atom stereocenters. The van der Waals surface area contributed by atoms with E-state index in [0.29, 0.717) is 13.1 Å². The lowest BCUT2D eigenvalue weighted by Gasteiger charge is -2.34. The first-order valence-corrected chi connectivity index (χ1v) is 6.77. The van der Waals surface area contributed by atoms with Gasteiger partial charge in [-0.25, -0.2) is 0 Å². The maximum Gasteiger partial charge on any atom is 0.323 e. The Bertz CT molecular complexity index is 392. The van der Waals surface area contributed by atoms with E-state index < -0.39 is 5.97 Å². The predicted octanol–water partition coefficient (Wildman–Crippen LogP) is 0.320. The van der Waals surface area contributed by atoms with Gasteiger partial charge in [0, 0.05) is 26.1 Å². The average molecular weight is 268 g/mol. The first kappa shape index (κ1) is 13.8. The summed E-state index contributed by atoms with van der Waals surface area (Å²) in [5, 5.41) is 8.89. The van der Waals surface area contributed by atoms with Crippen molar-refractivity contribution in [2.75, 3.05) is 19.6 Å². The van der Waals surface area contributed by atoms with Crippen LogP contribution in [0.3, 0.4) is 0 Å². The SMILES string of the molecule is CC(=O)N1CCCC(C(=O)N(CC(=O)O)C2CC2)C1. The Labute approximate surface area is 112 Å². The molecule has 1 aliphatic carbocycles. The number of hydrogen-bond acceptors (Lipinski definition) is 3. The van der Waals surface area contributed by atoms with E-state index in [4.69, 9.17) is 5.11 Å². The van der Waals surface area contributed by atoms with E-state index in [1.807, 2.05) is 0 Å². The Morgan fingerprint density at radius 3 is 2.47 bits per heavy atom. The molecule has 2 rings (SSSR count). The van der Waals surface area contributed by atoms with Crippen LogP contribution < -0.4 is 0 Å². The summed E-state index contributed by atoms with van der Waals surface area (Å²) >= 11 is 0. The zero-order valence-corrected chi connectivity index (χ0v) is 11.2. The molecule has 0 aromatic carbocycles. The number of hydrogen-bond donors (Lipinski definition) is 1. The van der Waals surface area contributed by atoms with Crippen LogP contribution >= 0.6 is 0 Å². The number of likely N-dealkylation sites (tertiary alicyclic amines) is 1. The van der Waals surface area contributed by atoms with Crippen molar-refractivity contribution < 1.29 is 19.5 Å². The maximum atomic E-state index is 12.4. The lowest BCUT2D eigenvalue weighted by atomic mass is 9.96. The van der Waals surface area contributed by atoms with E-state index in [1.165, 1.54) is 11.8 Å². The van der Waals surface area contributed by atoms with Gasteiger partial charge in [0.15, 0.2) is 0 Å². The molecule has 1 heterocycles. The van der Waals surface area contributed by atoms with Gasteiger partial charge in [0.25, 0.3) is 0 Å². The highest BCUT2D eigenvalue weighted by Gasteiger charge is 2.38. The second-order valence-corrected chi connectivity index (χ2v) is 5.40. The largest absolute Gasteiger partial charge is 0.480 e. The Kier molecular flexibility index (Phi) is 4.07. The van der Waals surface area contributed by atoms with E-state index in [-0.39, 0.29) is 30.3 Å². The second kappa shape index (κ2) is 5.59. The molecule has 2 amide bonds. The molecule has 2 fully saturated rings. The number of carbonyl (C=O) groups excluding carboxylic acids is 2. The van der Waals surface area contributed by atoms with Crippen LogP contribution in [-0.4, -0.2) is 58.4 Å². The summed E-state index contributed by atoms with van der Waals surface area (Å²) in [7, 11) is 0. The van der Waals surface area contributed by atoms with Crippen LogP contribution in [-0.2, 0) is 14.4 Å². The van der Waals surface area contributed by atoms with Crippen molar-refractivity contribution in [1.29, 1.82) is 0 Å². The third-order valence-electron chi connectivity index (χ3n) is 3.79. The maximum absolute atomic E-state index is 12.4. The van der Waals surface area contributed by atoms with E-state index in [9.17, 15) is 14.4 Å². The number of carboxylic acid groups (broad SMARTS) is 1. The van der Waals surface area contributed by atoms with Gasteiger partial charge in [0.05, 0.1) is 5.92 Å². The molecule has 1 saturated heterocycles. The number of amides is 2. The van der Waals surface area contributed by atoms with Gasteiger partial charge in [-0.15, -0.1) is 0 Å². The van der Waals surface area contributed by atoms with Gasteiger partial charge in [-0.3, -0.25) is 14.4 Å². The molecule has 0 spiro atoms. The summed E-state index contributed by atoms with van der Waals surface area (Å²) in [5.74, 6) is -1.33. The molecule has 0 aromatic rings. The van der Waals surface area contributed by atoms with E-state index >= 15 is 0 Å². The van der Waals surface area contributed by atoms with Gasteiger partial charge in [-0.2, -0.15) is 0 Å². The molecule has 106 valence electrons. The molecule has 1 aliphatic heterocycles. The Balaban J connectivity index is 2.00. The summed E-state index contributed by atoms with van der Waals surface area (Å²) in [6.45, 7) is 2.40. The topological polar surface area (TPSA) is 77.9 Å². The molecule has 1 N–H and O–H groups in total. The number of rotatable bonds is 4. The molecular weight excluding hydrogens is 248 g/mol. The molecule has 2 aliphatic rings. The highest BCUT2D eigenvalue weighted by atomic mass is 16.4. The van der Waals surface area contributed by atoms with Gasteiger partial charge >= 0.3 is 5.97 Å². The molecule has 6 nitrogen and oxygen atoms in total. The Morgan fingerprint density at radius 2 is 1.95 bits per heavy atom. The third-order valence-corrected chi connectivity index (χ3v) is 3.79. The molecule has 1 unspecified atom stereocenters. The number of carboxylic acids is 1. The first-order valence-electron chi connectivity index (χ1n) is 6.77. The van der Waals surface area contributed by atoms with Gasteiger partial charge in [-0.1, -0.05) is 0 Å². The number of aliphatic carboxylic acids is 1. The van der Waals surface area contributed by atoms with Crippen molar-refractivity contribution in [2.45, 2.75) is 38.6 Å². The highest BCUT2D eigenvalue weighted by Crippen LogP contribution is 2.29. The van der Waals surface area contributed by atoms with Crippen molar-refractivity contribution in [2.24, 2.45) is 5.92 Å². The second-order valence-electron chi connectivity index (χ2n) is 5.40. The summed E-state index contributed by atoms with van der Waals surface area (Å²) in [6, 6.07) is 0.0938. The summed E-state index contributed by atoms with van der Waals surface area (Å²) in [4.78, 5) is 37.8. The molecule has 0 radical (unpaired) electrons. The number of piperidine rings is 1. The van der Waals surface area contributed by atoms with Gasteiger partial charge in [0.2, 0.25) is 11.8 Å². The normalized spacial score (nSPS) is 23.0. The summed E-state index contributed by atoms with van der Waals surface area (Å²) in [6.07, 6.45) is 3.33. The Hall–Kier alpha value is -1.59. The molecule has 0 bridgehead atoms. The smallest absolute Gasteiger partial charge is 0.323 e. The van der Waals surface area contributed by atoms with Gasteiger partial charge in [-0.05, 0) is 25.7 Å².